The third-order valence-electron chi connectivity index (χ3n) is 4.85. The molecule has 0 fully saturated rings. The number of nitrogens with zero attached hydrogens (tertiary/aromatic N) is 2. The van der Waals surface area contributed by atoms with Crippen molar-refractivity contribution in [3.05, 3.63) is 72.2 Å². The number of hydrogen-bond donors (Lipinski definition) is 1. The fourth-order valence-corrected chi connectivity index (χ4v) is 4.47. The lowest BCUT2D eigenvalue weighted by molar-refractivity contribution is 0.327. The van der Waals surface area contributed by atoms with Gasteiger partial charge in [0.2, 0.25) is 0 Å². The Kier molecular flexibility index (Phi) is 5.97. The minimum absolute atomic E-state index is 0.146. The molecule has 0 unspecified atom stereocenters. The molecule has 0 spiro atoms. The van der Waals surface area contributed by atoms with Crippen LogP contribution in [0.15, 0.2) is 60.8 Å². The summed E-state index contributed by atoms with van der Waals surface area (Å²) in [6, 6.07) is 16.8. The van der Waals surface area contributed by atoms with Crippen LogP contribution in [0.1, 0.15) is 18.9 Å². The zero-order valence-electron chi connectivity index (χ0n) is 17.1. The molecule has 0 aliphatic rings. The van der Waals surface area contributed by atoms with Crippen molar-refractivity contribution in [3.63, 3.8) is 0 Å². The van der Waals surface area contributed by atoms with Crippen LogP contribution in [-0.4, -0.2) is 23.5 Å². The molecule has 0 radical (unpaired) electrons. The maximum Gasteiger partial charge on any atom is 0.167 e. The van der Waals surface area contributed by atoms with E-state index < -0.39 is 5.82 Å². The molecule has 0 aliphatic heterocycles. The summed E-state index contributed by atoms with van der Waals surface area (Å²) >= 11 is 1.59. The first-order chi connectivity index (χ1) is 14.5. The molecule has 2 aromatic carbocycles. The number of fused-ring (bicyclic) bond motifs is 1. The van der Waals surface area contributed by atoms with Gasteiger partial charge < -0.3 is 15.4 Å². The Hall–Kier alpha value is -2.96. The third-order valence-corrected chi connectivity index (χ3v) is 6.04. The molecule has 0 saturated heterocycles. The van der Waals surface area contributed by atoms with Crippen LogP contribution >= 0.6 is 11.3 Å². The molecule has 0 aliphatic carbocycles. The van der Waals surface area contributed by atoms with E-state index in [1.807, 2.05) is 6.07 Å². The summed E-state index contributed by atoms with van der Waals surface area (Å²) in [6.45, 7) is 4.21. The molecular formula is C24H24FN3OS. The van der Waals surface area contributed by atoms with Gasteiger partial charge in [-0.05, 0) is 49.3 Å². The van der Waals surface area contributed by atoms with E-state index in [-0.39, 0.29) is 5.75 Å². The molecule has 30 heavy (non-hydrogen) atoms. The van der Waals surface area contributed by atoms with Gasteiger partial charge in [0.05, 0.1) is 10.2 Å². The SMILES string of the molecule is CCCN(C)Cc1ccc(-c2cc3nccc(Oc4ccc(N)cc4F)c3s2)cc1. The van der Waals surface area contributed by atoms with Gasteiger partial charge in [0.1, 0.15) is 5.75 Å². The highest BCUT2D eigenvalue weighted by atomic mass is 32.1. The second-order valence-electron chi connectivity index (χ2n) is 7.36. The number of aromatic nitrogens is 1. The Bertz CT molecular complexity index is 1160. The Morgan fingerprint density at radius 2 is 1.87 bits per heavy atom. The number of halogens is 1. The summed E-state index contributed by atoms with van der Waals surface area (Å²) in [5, 5.41) is 0. The predicted octanol–water partition coefficient (Wildman–Crippen LogP) is 6.32. The van der Waals surface area contributed by atoms with Gasteiger partial charge in [-0.25, -0.2) is 4.39 Å². The summed E-state index contributed by atoms with van der Waals surface area (Å²) in [5.41, 5.74) is 9.24. The monoisotopic (exact) mass is 421 g/mol. The van der Waals surface area contributed by atoms with Crippen molar-refractivity contribution in [2.75, 3.05) is 19.3 Å². The van der Waals surface area contributed by atoms with Crippen molar-refractivity contribution in [1.29, 1.82) is 0 Å². The van der Waals surface area contributed by atoms with Gasteiger partial charge in [-0.3, -0.25) is 4.98 Å². The smallest absolute Gasteiger partial charge is 0.167 e. The number of thiophene rings is 1. The predicted molar refractivity (Wildman–Crippen MR) is 123 cm³/mol. The summed E-state index contributed by atoms with van der Waals surface area (Å²) in [7, 11) is 2.14. The van der Waals surface area contributed by atoms with Crippen LogP contribution < -0.4 is 10.5 Å². The second-order valence-corrected chi connectivity index (χ2v) is 8.41. The Balaban J connectivity index is 1.60. The van der Waals surface area contributed by atoms with Gasteiger partial charge in [-0.15, -0.1) is 11.3 Å². The van der Waals surface area contributed by atoms with Crippen LogP contribution in [0.3, 0.4) is 0 Å². The highest BCUT2D eigenvalue weighted by Gasteiger charge is 2.13. The van der Waals surface area contributed by atoms with Crippen LogP contribution in [0.25, 0.3) is 20.7 Å². The fraction of sp³-hybridized carbons (Fsp3) is 0.208. The number of pyridine rings is 1. The van der Waals surface area contributed by atoms with Gasteiger partial charge in [0, 0.05) is 35.4 Å². The minimum Gasteiger partial charge on any atom is -0.453 e. The summed E-state index contributed by atoms with van der Waals surface area (Å²) in [5.74, 6) is 0.241. The molecule has 6 heteroatoms. The van der Waals surface area contributed by atoms with E-state index >= 15 is 0 Å². The van der Waals surface area contributed by atoms with E-state index in [9.17, 15) is 4.39 Å². The van der Waals surface area contributed by atoms with E-state index in [0.717, 1.165) is 40.2 Å². The molecule has 4 aromatic rings. The molecule has 0 amide bonds. The summed E-state index contributed by atoms with van der Waals surface area (Å²) in [4.78, 5) is 7.87. The molecule has 0 atom stereocenters. The Labute approximate surface area is 179 Å². The average molecular weight is 422 g/mol. The van der Waals surface area contributed by atoms with Crippen LogP contribution in [0.4, 0.5) is 10.1 Å². The van der Waals surface area contributed by atoms with Crippen molar-refractivity contribution in [3.8, 4) is 21.9 Å². The zero-order chi connectivity index (χ0) is 21.1. The van der Waals surface area contributed by atoms with Crippen molar-refractivity contribution >= 4 is 27.2 Å². The number of anilines is 1. The second kappa shape index (κ2) is 8.81. The van der Waals surface area contributed by atoms with Crippen molar-refractivity contribution in [1.82, 2.24) is 9.88 Å². The van der Waals surface area contributed by atoms with Crippen LogP contribution in [0.5, 0.6) is 11.5 Å². The molecule has 4 rings (SSSR count). The van der Waals surface area contributed by atoms with Crippen molar-refractivity contribution < 1.29 is 9.13 Å². The highest BCUT2D eigenvalue weighted by molar-refractivity contribution is 7.22. The zero-order valence-corrected chi connectivity index (χ0v) is 17.9. The lowest BCUT2D eigenvalue weighted by Gasteiger charge is -2.15. The molecule has 0 bridgehead atoms. The van der Waals surface area contributed by atoms with Gasteiger partial charge >= 0.3 is 0 Å². The molecule has 2 heterocycles. The summed E-state index contributed by atoms with van der Waals surface area (Å²) < 4.78 is 20.9. The molecular weight excluding hydrogens is 397 g/mol. The first kappa shape index (κ1) is 20.3. The fourth-order valence-electron chi connectivity index (χ4n) is 3.40. The summed E-state index contributed by atoms with van der Waals surface area (Å²) in [6.07, 6.45) is 2.82. The quantitative estimate of drug-likeness (QED) is 0.355. The normalized spacial score (nSPS) is 11.3. The van der Waals surface area contributed by atoms with E-state index in [1.54, 1.807) is 35.7 Å². The molecule has 4 nitrogen and oxygen atoms in total. The van der Waals surface area contributed by atoms with E-state index in [4.69, 9.17) is 10.5 Å². The maximum atomic E-state index is 14.2. The maximum absolute atomic E-state index is 14.2. The van der Waals surface area contributed by atoms with E-state index in [1.165, 1.54) is 11.6 Å². The van der Waals surface area contributed by atoms with E-state index in [2.05, 4.69) is 48.1 Å². The van der Waals surface area contributed by atoms with Crippen LogP contribution in [-0.2, 0) is 6.54 Å². The van der Waals surface area contributed by atoms with Crippen LogP contribution in [0, 0.1) is 5.82 Å². The largest absolute Gasteiger partial charge is 0.453 e. The van der Waals surface area contributed by atoms with Gasteiger partial charge in [-0.1, -0.05) is 31.2 Å². The number of benzene rings is 2. The minimum atomic E-state index is -0.486. The van der Waals surface area contributed by atoms with E-state index in [0.29, 0.717) is 11.4 Å². The Morgan fingerprint density at radius 1 is 1.07 bits per heavy atom. The lowest BCUT2D eigenvalue weighted by atomic mass is 10.1. The molecule has 154 valence electrons. The lowest BCUT2D eigenvalue weighted by Crippen LogP contribution is -2.18. The number of ether oxygens (including phenoxy) is 1. The molecule has 2 aromatic heterocycles. The highest BCUT2D eigenvalue weighted by Crippen LogP contribution is 2.39. The number of nitrogen functional groups attached to an aromatic ring is 1. The standard InChI is InChI=1S/C24H24FN3OS/c1-3-12-28(2)15-16-4-6-17(7-5-16)23-14-20-24(30-23)22(10-11-27-20)29-21-9-8-18(26)13-19(21)25/h4-11,13-14H,3,12,15,26H2,1-2H3. The Morgan fingerprint density at radius 3 is 2.60 bits per heavy atom. The average Bonchev–Trinajstić information content (AvgIpc) is 3.16. The number of hydrogen-bond acceptors (Lipinski definition) is 5. The molecule has 0 saturated carbocycles. The van der Waals surface area contributed by atoms with Gasteiger partial charge in [0.25, 0.3) is 0 Å². The van der Waals surface area contributed by atoms with Gasteiger partial charge in [-0.2, -0.15) is 0 Å². The first-order valence-corrected chi connectivity index (χ1v) is 10.7. The van der Waals surface area contributed by atoms with Crippen LogP contribution in [0.2, 0.25) is 0 Å². The van der Waals surface area contributed by atoms with Gasteiger partial charge in [0.15, 0.2) is 11.6 Å². The number of rotatable bonds is 7. The third kappa shape index (κ3) is 4.45. The molecule has 2 N–H and O–H groups in total. The number of nitrogens with two attached hydrogens (primary N) is 1. The van der Waals surface area contributed by atoms with Crippen molar-refractivity contribution in [2.24, 2.45) is 0 Å². The topological polar surface area (TPSA) is 51.4 Å². The van der Waals surface area contributed by atoms with Crippen molar-refractivity contribution in [2.45, 2.75) is 19.9 Å². The first-order valence-electron chi connectivity index (χ1n) is 9.93.